The quantitative estimate of drug-likeness (QED) is 0.837. The highest BCUT2D eigenvalue weighted by Crippen LogP contribution is 2.15. The number of amides is 1. The molecule has 0 atom stereocenters. The van der Waals surface area contributed by atoms with E-state index in [1.807, 2.05) is 20.8 Å². The maximum Gasteiger partial charge on any atom is 0.413 e. The van der Waals surface area contributed by atoms with E-state index in [9.17, 15) is 9.18 Å². The third-order valence-corrected chi connectivity index (χ3v) is 2.42. The fraction of sp³-hybridized carbons (Fsp3) is 0.385. The number of alkyl carbamates (subject to hydrolysis) is 1. The number of carbonyl (C=O) groups excluding carboxylic acids is 1. The van der Waals surface area contributed by atoms with E-state index in [2.05, 4.69) is 10.6 Å². The number of rotatable bonds is 3. The predicted molar refractivity (Wildman–Crippen MR) is 76.7 cm³/mol. The van der Waals surface area contributed by atoms with Crippen LogP contribution in [0.15, 0.2) is 18.2 Å². The smallest absolute Gasteiger partial charge is 0.413 e. The van der Waals surface area contributed by atoms with E-state index in [0.717, 1.165) is 5.56 Å². The van der Waals surface area contributed by atoms with Crippen molar-refractivity contribution in [2.24, 2.45) is 5.92 Å². The van der Waals surface area contributed by atoms with Gasteiger partial charge in [-0.15, -0.1) is 0 Å². The standard InChI is InChI=1S/C13H17FN2O2S/c1-8(2)7-18-13(17)16-12(19)15-11-6-10(14)5-4-9(11)3/h4-6,8H,7H2,1-3H3,(H2,15,16,17,19). The number of benzene rings is 1. The lowest BCUT2D eigenvalue weighted by molar-refractivity contribution is 0.138. The topological polar surface area (TPSA) is 50.4 Å². The minimum atomic E-state index is -0.625. The summed E-state index contributed by atoms with van der Waals surface area (Å²) in [6.07, 6.45) is -0.625. The molecule has 4 nitrogen and oxygen atoms in total. The zero-order chi connectivity index (χ0) is 14.4. The van der Waals surface area contributed by atoms with Gasteiger partial charge in [0.05, 0.1) is 6.61 Å². The first-order valence-corrected chi connectivity index (χ1v) is 6.30. The van der Waals surface area contributed by atoms with Gasteiger partial charge in [-0.2, -0.15) is 0 Å². The van der Waals surface area contributed by atoms with Crippen molar-refractivity contribution in [3.63, 3.8) is 0 Å². The fourth-order valence-electron chi connectivity index (χ4n) is 1.25. The van der Waals surface area contributed by atoms with E-state index in [0.29, 0.717) is 12.3 Å². The molecule has 0 aromatic heterocycles. The van der Waals surface area contributed by atoms with Gasteiger partial charge < -0.3 is 10.1 Å². The molecule has 0 spiro atoms. The van der Waals surface area contributed by atoms with E-state index < -0.39 is 6.09 Å². The number of hydrogen-bond acceptors (Lipinski definition) is 3. The van der Waals surface area contributed by atoms with Gasteiger partial charge in [0.15, 0.2) is 5.11 Å². The number of halogens is 1. The van der Waals surface area contributed by atoms with Crippen LogP contribution < -0.4 is 10.6 Å². The second-order valence-electron chi connectivity index (χ2n) is 4.53. The summed E-state index contributed by atoms with van der Waals surface area (Å²) in [7, 11) is 0. The van der Waals surface area contributed by atoms with Crippen LogP contribution in [-0.4, -0.2) is 17.8 Å². The largest absolute Gasteiger partial charge is 0.449 e. The van der Waals surface area contributed by atoms with E-state index in [1.54, 1.807) is 6.07 Å². The molecule has 0 saturated carbocycles. The second-order valence-corrected chi connectivity index (χ2v) is 4.94. The average molecular weight is 284 g/mol. The van der Waals surface area contributed by atoms with Gasteiger partial charge in [0, 0.05) is 5.69 Å². The summed E-state index contributed by atoms with van der Waals surface area (Å²) in [6, 6.07) is 4.29. The highest BCUT2D eigenvalue weighted by molar-refractivity contribution is 7.80. The number of hydrogen-bond donors (Lipinski definition) is 2. The summed E-state index contributed by atoms with van der Waals surface area (Å²) in [5, 5.41) is 5.19. The van der Waals surface area contributed by atoms with Gasteiger partial charge in [0.25, 0.3) is 0 Å². The maximum absolute atomic E-state index is 13.1. The molecular formula is C13H17FN2O2S. The Hall–Kier alpha value is -1.69. The lowest BCUT2D eigenvalue weighted by atomic mass is 10.2. The minimum absolute atomic E-state index is 0.0717. The van der Waals surface area contributed by atoms with Crippen molar-refractivity contribution in [2.75, 3.05) is 11.9 Å². The SMILES string of the molecule is Cc1ccc(F)cc1NC(=S)NC(=O)OCC(C)C. The Bertz CT molecular complexity index is 478. The van der Waals surface area contributed by atoms with Crippen molar-refractivity contribution in [3.8, 4) is 0 Å². The molecule has 0 aliphatic rings. The van der Waals surface area contributed by atoms with Crippen LogP contribution >= 0.6 is 12.2 Å². The first-order chi connectivity index (χ1) is 8.88. The third kappa shape index (κ3) is 5.65. The zero-order valence-corrected chi connectivity index (χ0v) is 11.9. The van der Waals surface area contributed by atoms with Crippen molar-refractivity contribution in [1.29, 1.82) is 0 Å². The Kier molecular flexibility index (Phi) is 5.69. The van der Waals surface area contributed by atoms with Crippen molar-refractivity contribution >= 4 is 29.1 Å². The molecule has 0 radical (unpaired) electrons. The summed E-state index contributed by atoms with van der Waals surface area (Å²) in [6.45, 7) is 5.98. The number of carbonyl (C=O) groups is 1. The van der Waals surface area contributed by atoms with Crippen LogP contribution in [0.5, 0.6) is 0 Å². The normalized spacial score (nSPS) is 10.2. The molecule has 0 fully saturated rings. The summed E-state index contributed by atoms with van der Waals surface area (Å²) < 4.78 is 18.0. The molecule has 1 amide bonds. The highest BCUT2D eigenvalue weighted by Gasteiger charge is 2.08. The van der Waals surface area contributed by atoms with Crippen molar-refractivity contribution in [1.82, 2.24) is 5.32 Å². The van der Waals surface area contributed by atoms with Crippen molar-refractivity contribution < 1.29 is 13.9 Å². The van der Waals surface area contributed by atoms with Gasteiger partial charge in [0.2, 0.25) is 0 Å². The van der Waals surface area contributed by atoms with Crippen molar-refractivity contribution in [3.05, 3.63) is 29.6 Å². The molecule has 2 N–H and O–H groups in total. The van der Waals surface area contributed by atoms with Gasteiger partial charge in [-0.05, 0) is 42.8 Å². The Morgan fingerprint density at radius 1 is 1.47 bits per heavy atom. The van der Waals surface area contributed by atoms with Crippen LogP contribution in [0.3, 0.4) is 0 Å². The number of ether oxygens (including phenoxy) is 1. The Morgan fingerprint density at radius 2 is 2.16 bits per heavy atom. The number of nitrogens with one attached hydrogen (secondary N) is 2. The lowest BCUT2D eigenvalue weighted by Gasteiger charge is -2.12. The van der Waals surface area contributed by atoms with Crippen LogP contribution in [0.4, 0.5) is 14.9 Å². The molecule has 0 unspecified atom stereocenters. The Morgan fingerprint density at radius 3 is 2.79 bits per heavy atom. The van der Waals surface area contributed by atoms with Crippen LogP contribution in [-0.2, 0) is 4.74 Å². The molecule has 1 aromatic rings. The van der Waals surface area contributed by atoms with Crippen LogP contribution in [0, 0.1) is 18.7 Å². The van der Waals surface area contributed by atoms with E-state index in [4.69, 9.17) is 17.0 Å². The summed E-state index contributed by atoms with van der Waals surface area (Å²) in [4.78, 5) is 11.4. The van der Waals surface area contributed by atoms with E-state index in [-0.39, 0.29) is 16.8 Å². The Labute approximate surface area is 117 Å². The van der Waals surface area contributed by atoms with Crippen molar-refractivity contribution in [2.45, 2.75) is 20.8 Å². The monoisotopic (exact) mass is 284 g/mol. The van der Waals surface area contributed by atoms with Gasteiger partial charge >= 0.3 is 6.09 Å². The molecule has 1 rings (SSSR count). The number of aryl methyl sites for hydroxylation is 1. The van der Waals surface area contributed by atoms with Crippen LogP contribution in [0.2, 0.25) is 0 Å². The molecule has 0 aliphatic heterocycles. The molecule has 6 heteroatoms. The highest BCUT2D eigenvalue weighted by atomic mass is 32.1. The van der Waals surface area contributed by atoms with E-state index >= 15 is 0 Å². The first-order valence-electron chi connectivity index (χ1n) is 5.89. The molecule has 104 valence electrons. The lowest BCUT2D eigenvalue weighted by Crippen LogP contribution is -2.35. The molecule has 19 heavy (non-hydrogen) atoms. The van der Waals surface area contributed by atoms with Gasteiger partial charge in [0.1, 0.15) is 5.82 Å². The summed E-state index contributed by atoms with van der Waals surface area (Å²) >= 11 is 4.95. The fourth-order valence-corrected chi connectivity index (χ4v) is 1.45. The molecule has 0 heterocycles. The van der Waals surface area contributed by atoms with Crippen LogP contribution in [0.1, 0.15) is 19.4 Å². The molecular weight excluding hydrogens is 267 g/mol. The van der Waals surface area contributed by atoms with E-state index in [1.165, 1.54) is 12.1 Å². The maximum atomic E-state index is 13.1. The predicted octanol–water partition coefficient (Wildman–Crippen LogP) is 3.21. The average Bonchev–Trinajstić information content (AvgIpc) is 2.31. The second kappa shape index (κ2) is 7.04. The zero-order valence-electron chi connectivity index (χ0n) is 11.1. The number of anilines is 1. The van der Waals surface area contributed by atoms with Gasteiger partial charge in [-0.3, -0.25) is 5.32 Å². The Balaban J connectivity index is 2.51. The minimum Gasteiger partial charge on any atom is -0.449 e. The molecule has 1 aromatic carbocycles. The molecule has 0 aliphatic carbocycles. The third-order valence-electron chi connectivity index (χ3n) is 2.21. The summed E-state index contributed by atoms with van der Waals surface area (Å²) in [5.41, 5.74) is 1.33. The van der Waals surface area contributed by atoms with Gasteiger partial charge in [-0.25, -0.2) is 9.18 Å². The van der Waals surface area contributed by atoms with Gasteiger partial charge in [-0.1, -0.05) is 19.9 Å². The van der Waals surface area contributed by atoms with Crippen LogP contribution in [0.25, 0.3) is 0 Å². The summed E-state index contributed by atoms with van der Waals surface area (Å²) in [5.74, 6) is -0.129. The molecule has 0 saturated heterocycles. The molecule has 0 bridgehead atoms. The first kappa shape index (κ1) is 15.4. The number of thiocarbonyl (C=S) groups is 1.